The molecule has 4 aromatic heterocycles. The van der Waals surface area contributed by atoms with Crippen molar-refractivity contribution in [2.24, 2.45) is 14.1 Å². The van der Waals surface area contributed by atoms with Crippen molar-refractivity contribution in [2.45, 2.75) is 101 Å². The van der Waals surface area contributed by atoms with Gasteiger partial charge in [-0.3, -0.25) is 42.5 Å². The lowest BCUT2D eigenvalue weighted by Crippen LogP contribution is -2.38. The third-order valence-corrected chi connectivity index (χ3v) is 13.1. The lowest BCUT2D eigenvalue weighted by Gasteiger charge is -2.23. The van der Waals surface area contributed by atoms with Gasteiger partial charge in [-0.05, 0) is 38.8 Å². The summed E-state index contributed by atoms with van der Waals surface area (Å²) in [5.74, 6) is 0.814. The van der Waals surface area contributed by atoms with Crippen molar-refractivity contribution in [1.82, 2.24) is 19.1 Å². The fourth-order valence-corrected chi connectivity index (χ4v) is 9.05. The highest BCUT2D eigenvalue weighted by atomic mass is 31.2. The number of rotatable bonds is 24. The maximum Gasteiger partial charge on any atom is 0.475 e. The molecule has 0 saturated carbocycles. The minimum absolute atomic E-state index is 0.0629. The van der Waals surface area contributed by atoms with E-state index in [1.807, 2.05) is 9.97 Å². The van der Waals surface area contributed by atoms with Crippen molar-refractivity contribution in [3.63, 3.8) is 0 Å². The van der Waals surface area contributed by atoms with Gasteiger partial charge in [0.2, 0.25) is 18.2 Å². The first-order valence-corrected chi connectivity index (χ1v) is 24.8. The Morgan fingerprint density at radius 2 is 1.20 bits per heavy atom. The molecule has 0 amide bonds. The van der Waals surface area contributed by atoms with Crippen LogP contribution in [0.5, 0.6) is 11.5 Å². The molecule has 2 aliphatic heterocycles. The van der Waals surface area contributed by atoms with E-state index >= 15 is 0 Å². The van der Waals surface area contributed by atoms with Crippen LogP contribution < -0.4 is 41.1 Å². The van der Waals surface area contributed by atoms with E-state index in [1.54, 1.807) is 29.9 Å². The average molecular weight is 1030 g/mol. The summed E-state index contributed by atoms with van der Waals surface area (Å²) in [5, 5.41) is 42.8. The Balaban J connectivity index is 1.09. The zero-order valence-corrected chi connectivity index (χ0v) is 40.0. The number of ether oxygens (including phenoxy) is 4. The fourth-order valence-electron chi connectivity index (χ4n) is 7.40. The van der Waals surface area contributed by atoms with Crippen LogP contribution in [0.2, 0.25) is 0 Å². The minimum Gasteiger partial charge on any atom is -0.487 e. The van der Waals surface area contributed by atoms with E-state index in [9.17, 15) is 63.3 Å². The van der Waals surface area contributed by atoms with Gasteiger partial charge in [-0.15, -0.1) is 0 Å². The van der Waals surface area contributed by atoms with Crippen LogP contribution in [0.15, 0.2) is 68.2 Å². The molecular formula is C41H56N6O21P2+2. The number of carbonyl (C=O) groups excluding carboxylic acids is 1. The summed E-state index contributed by atoms with van der Waals surface area (Å²) in [6, 6.07) is 6.20. The third kappa shape index (κ3) is 13.4. The number of phosphoric ester groups is 2. The van der Waals surface area contributed by atoms with Gasteiger partial charge in [0.1, 0.15) is 50.7 Å². The van der Waals surface area contributed by atoms with Gasteiger partial charge in [-0.2, -0.15) is 9.13 Å². The van der Waals surface area contributed by atoms with E-state index in [4.69, 9.17) is 37.0 Å². The van der Waals surface area contributed by atoms with Gasteiger partial charge in [0.15, 0.2) is 30.2 Å². The van der Waals surface area contributed by atoms with Gasteiger partial charge in [-0.25, -0.2) is 27.8 Å². The van der Waals surface area contributed by atoms with E-state index in [2.05, 4.69) is 0 Å². The molecule has 29 heteroatoms. The number of aliphatic hydroxyl groups excluding tert-OH is 4. The number of unbranched alkanes of at least 4 members (excludes halogenated alkanes) is 4. The fraction of sp³-hybridized carbons (Fsp3) is 0.537. The molecule has 2 fully saturated rings. The Morgan fingerprint density at radius 3 is 1.69 bits per heavy atom. The summed E-state index contributed by atoms with van der Waals surface area (Å²) < 4.78 is 75.0. The molecule has 384 valence electrons. The van der Waals surface area contributed by atoms with Gasteiger partial charge in [0.25, 0.3) is 23.1 Å². The number of aromatic amines is 2. The Labute approximate surface area is 397 Å². The summed E-state index contributed by atoms with van der Waals surface area (Å²) in [6.45, 7) is 1.52. The summed E-state index contributed by atoms with van der Waals surface area (Å²) in [4.78, 5) is 86.0. The SMILES string of the molecule is Cc1cn([C@@H]2O[C@H](COP(=O)(O)OC(OP(=O)(O)OC[C@H]3O[C@@H](n4cc(C)c(=O)[nH]c4=O)[C@H](O)[C@@H]3O)c3ccc(OCCCCCCCOc4ccc[n+](C)c4C=O)c[n+]3C)[C@@H](O)[C@H]2O)c(=O)[nH]c1=O. The van der Waals surface area contributed by atoms with E-state index in [0.717, 1.165) is 53.5 Å². The number of aldehydes is 1. The third-order valence-electron chi connectivity index (χ3n) is 11.3. The van der Waals surface area contributed by atoms with Gasteiger partial charge < -0.3 is 49.2 Å². The average Bonchev–Trinajstić information content (AvgIpc) is 3.74. The van der Waals surface area contributed by atoms with Gasteiger partial charge >= 0.3 is 27.0 Å². The molecule has 0 spiro atoms. The summed E-state index contributed by atoms with van der Waals surface area (Å²) in [6.07, 6.45) is -5.78. The number of H-pyrrole nitrogens is 2. The predicted octanol–water partition coefficient (Wildman–Crippen LogP) is -1.22. The highest BCUT2D eigenvalue weighted by Crippen LogP contribution is 2.55. The minimum atomic E-state index is -5.44. The maximum absolute atomic E-state index is 13.5. The van der Waals surface area contributed by atoms with Crippen LogP contribution in [0.25, 0.3) is 0 Å². The number of phosphoric acid groups is 2. The van der Waals surface area contributed by atoms with Crippen molar-refractivity contribution < 1.29 is 90.3 Å². The molecular weight excluding hydrogens is 974 g/mol. The van der Waals surface area contributed by atoms with E-state index in [1.165, 1.54) is 43.8 Å². The Morgan fingerprint density at radius 1 is 0.714 bits per heavy atom. The normalized spacial score (nSPS) is 24.5. The van der Waals surface area contributed by atoms with Crippen molar-refractivity contribution in [1.29, 1.82) is 0 Å². The Kier molecular flexibility index (Phi) is 18.2. The van der Waals surface area contributed by atoms with Gasteiger partial charge in [0, 0.05) is 35.7 Å². The maximum atomic E-state index is 13.5. The molecule has 10 atom stereocenters. The highest BCUT2D eigenvalue weighted by molar-refractivity contribution is 7.48. The number of aryl methyl sites for hydroxylation is 4. The Bertz CT molecular complexity index is 2690. The Hall–Kier alpha value is -5.09. The second kappa shape index (κ2) is 23.4. The topological polar surface area (TPSA) is 364 Å². The van der Waals surface area contributed by atoms with Crippen LogP contribution in [0.4, 0.5) is 0 Å². The number of aliphatic hydroxyl groups is 4. The summed E-state index contributed by atoms with van der Waals surface area (Å²) >= 11 is 0. The second-order valence-electron chi connectivity index (χ2n) is 16.5. The molecule has 0 radical (unpaired) electrons. The first-order valence-electron chi connectivity index (χ1n) is 21.8. The number of carbonyl (C=O) groups is 1. The lowest BCUT2D eigenvalue weighted by molar-refractivity contribution is -0.685. The summed E-state index contributed by atoms with van der Waals surface area (Å²) in [5.41, 5.74) is -3.02. The predicted molar refractivity (Wildman–Crippen MR) is 235 cm³/mol. The van der Waals surface area contributed by atoms with Crippen LogP contribution in [-0.4, -0.2) is 119 Å². The molecule has 0 aliphatic carbocycles. The molecule has 0 bridgehead atoms. The van der Waals surface area contributed by atoms with Crippen LogP contribution in [-0.2, 0) is 50.8 Å². The number of pyridine rings is 2. The number of hydrogen-bond acceptors (Lipinski definition) is 19. The van der Waals surface area contributed by atoms with Gasteiger partial charge in [-0.1, -0.05) is 19.3 Å². The van der Waals surface area contributed by atoms with Crippen molar-refractivity contribution in [3.05, 3.63) is 113 Å². The van der Waals surface area contributed by atoms with Crippen LogP contribution in [0.3, 0.4) is 0 Å². The van der Waals surface area contributed by atoms with Crippen LogP contribution in [0, 0.1) is 13.8 Å². The number of hydrogen-bond donors (Lipinski definition) is 8. The second-order valence-corrected chi connectivity index (χ2v) is 19.3. The zero-order valence-electron chi connectivity index (χ0n) is 38.2. The standard InChI is InChI=1S/C41H54N6O21P2/c1-23-17-46(40(55)42-35(23)53)37-33(51)31(49)29(65-37)21-63-69(57,58)67-39(68-70(59,60)64-22-30-32(50)34(52)38(66-30)47-18-24(2)36(54)43-41(47)56)26-13-12-25(19-45(26)4)61-15-8-6-5-7-9-16-62-28-11-10-14-44(3)27(28)20-48/h10-14,17-20,29-34,37-39,49-52H,5-9,15-16,21-22H2,1-4H3,(H2-2,42,43,53,54,55,56,57,58,59,60)/p+2/t29-,30-,31-,32-,33-,34-,37-,38-/m1/s1. The quantitative estimate of drug-likeness (QED) is 0.0134. The van der Waals surface area contributed by atoms with Crippen LogP contribution in [0.1, 0.15) is 78.2 Å². The van der Waals surface area contributed by atoms with E-state index in [0.29, 0.717) is 30.2 Å². The first-order chi connectivity index (χ1) is 33.1. The summed E-state index contributed by atoms with van der Waals surface area (Å²) in [7, 11) is -7.71. The van der Waals surface area contributed by atoms with E-state index in [-0.39, 0.29) is 23.4 Å². The number of aromatic nitrogens is 6. The van der Waals surface area contributed by atoms with E-state index < -0.39 is 107 Å². The number of nitrogens with zero attached hydrogens (tertiary/aromatic N) is 4. The van der Waals surface area contributed by atoms with Crippen molar-refractivity contribution >= 4 is 21.9 Å². The molecule has 4 aromatic rings. The molecule has 0 aromatic carbocycles. The molecule has 6 rings (SSSR count). The molecule has 27 nitrogen and oxygen atoms in total. The molecule has 2 unspecified atom stereocenters. The monoisotopic (exact) mass is 1030 g/mol. The smallest absolute Gasteiger partial charge is 0.475 e. The molecule has 6 heterocycles. The molecule has 8 N–H and O–H groups in total. The van der Waals surface area contributed by atoms with Crippen molar-refractivity contribution in [3.8, 4) is 11.5 Å². The van der Waals surface area contributed by atoms with Crippen LogP contribution >= 0.6 is 15.6 Å². The molecule has 70 heavy (non-hydrogen) atoms. The molecule has 2 aliphatic rings. The first kappa shape index (κ1) is 54.2. The number of nitrogens with one attached hydrogen (secondary N) is 2. The highest BCUT2D eigenvalue weighted by Gasteiger charge is 2.48. The lowest BCUT2D eigenvalue weighted by atomic mass is 10.1. The van der Waals surface area contributed by atoms with Gasteiger partial charge in [0.05, 0.1) is 26.4 Å². The molecule has 2 saturated heterocycles. The largest absolute Gasteiger partial charge is 0.487 e. The zero-order chi connectivity index (χ0) is 51.1. The van der Waals surface area contributed by atoms with Crippen molar-refractivity contribution in [2.75, 3.05) is 26.4 Å².